The van der Waals surface area contributed by atoms with Crippen molar-refractivity contribution in [3.05, 3.63) is 59.4 Å². The summed E-state index contributed by atoms with van der Waals surface area (Å²) >= 11 is 0. The predicted octanol–water partition coefficient (Wildman–Crippen LogP) is 5.39. The molecular weight excluding hydrogens is 235 g/mol. The fraction of sp³-hybridized carbons (Fsp3) is 0.333. The van der Waals surface area contributed by atoms with Crippen LogP contribution in [0.1, 0.15) is 31.9 Å². The van der Waals surface area contributed by atoms with Crippen LogP contribution in [0, 0.1) is 18.2 Å². The molecule has 1 heteroatoms. The summed E-state index contributed by atoms with van der Waals surface area (Å²) in [6.45, 7) is 8.71. The Hall–Kier alpha value is -1.63. The van der Waals surface area contributed by atoms with E-state index in [0.717, 1.165) is 23.1 Å². The molecule has 0 radical (unpaired) electrons. The van der Waals surface area contributed by atoms with Crippen molar-refractivity contribution in [1.29, 1.82) is 0 Å². The van der Waals surface area contributed by atoms with Crippen LogP contribution in [0.15, 0.2) is 42.5 Å². The van der Waals surface area contributed by atoms with Crippen LogP contribution in [-0.4, -0.2) is 0 Å². The zero-order valence-electron chi connectivity index (χ0n) is 12.1. The van der Waals surface area contributed by atoms with Crippen molar-refractivity contribution in [2.45, 2.75) is 34.1 Å². The molecule has 0 aliphatic carbocycles. The van der Waals surface area contributed by atoms with Crippen molar-refractivity contribution in [1.82, 2.24) is 0 Å². The maximum absolute atomic E-state index is 13.4. The van der Waals surface area contributed by atoms with E-state index in [9.17, 15) is 4.39 Å². The molecule has 100 valence electrons. The predicted molar refractivity (Wildman–Crippen MR) is 79.7 cm³/mol. The topological polar surface area (TPSA) is 0 Å². The first-order chi connectivity index (χ1) is 8.85. The molecule has 2 aromatic rings. The van der Waals surface area contributed by atoms with Gasteiger partial charge in [0, 0.05) is 0 Å². The number of halogens is 1. The molecule has 0 spiro atoms. The highest BCUT2D eigenvalue weighted by molar-refractivity contribution is 5.67. The molecule has 0 aliphatic rings. The second-order valence-electron chi connectivity index (χ2n) is 6.40. The maximum atomic E-state index is 13.4. The molecule has 0 nitrogen and oxygen atoms in total. The third-order valence-electron chi connectivity index (χ3n) is 3.17. The van der Waals surface area contributed by atoms with Gasteiger partial charge in [0.05, 0.1) is 0 Å². The van der Waals surface area contributed by atoms with Gasteiger partial charge in [-0.05, 0) is 53.1 Å². The minimum atomic E-state index is -0.179. The van der Waals surface area contributed by atoms with Gasteiger partial charge in [-0.1, -0.05) is 51.1 Å². The monoisotopic (exact) mass is 256 g/mol. The standard InChI is InChI=1S/C18H21F/c1-13-8-9-16(19)11-17(13)15-7-5-6-14(10-15)12-18(2,3)4/h5-11H,12H2,1-4H3. The fourth-order valence-electron chi connectivity index (χ4n) is 2.37. The van der Waals surface area contributed by atoms with Crippen LogP contribution < -0.4 is 0 Å². The highest BCUT2D eigenvalue weighted by Gasteiger charge is 2.12. The molecule has 0 saturated heterocycles. The molecule has 0 fully saturated rings. The molecule has 0 N–H and O–H groups in total. The van der Waals surface area contributed by atoms with Gasteiger partial charge in [-0.3, -0.25) is 0 Å². The van der Waals surface area contributed by atoms with E-state index < -0.39 is 0 Å². The van der Waals surface area contributed by atoms with E-state index in [1.54, 1.807) is 6.07 Å². The Labute approximate surface area is 115 Å². The SMILES string of the molecule is Cc1ccc(F)cc1-c1cccc(CC(C)(C)C)c1. The molecule has 0 heterocycles. The van der Waals surface area contributed by atoms with Crippen molar-refractivity contribution in [3.63, 3.8) is 0 Å². The summed E-state index contributed by atoms with van der Waals surface area (Å²) in [5.41, 5.74) is 4.74. The second kappa shape index (κ2) is 5.16. The summed E-state index contributed by atoms with van der Waals surface area (Å²) in [5.74, 6) is -0.179. The lowest BCUT2D eigenvalue weighted by Crippen LogP contribution is -2.09. The molecule has 0 atom stereocenters. The normalized spacial score (nSPS) is 11.6. The summed E-state index contributed by atoms with van der Waals surface area (Å²) in [5, 5.41) is 0. The summed E-state index contributed by atoms with van der Waals surface area (Å²) in [6, 6.07) is 13.4. The molecule has 2 rings (SSSR count). The summed E-state index contributed by atoms with van der Waals surface area (Å²) < 4.78 is 13.4. The Kier molecular flexibility index (Phi) is 3.75. The quantitative estimate of drug-likeness (QED) is 0.675. The second-order valence-corrected chi connectivity index (χ2v) is 6.40. The lowest BCUT2D eigenvalue weighted by molar-refractivity contribution is 0.411. The van der Waals surface area contributed by atoms with Crippen LogP contribution in [0.4, 0.5) is 4.39 Å². The van der Waals surface area contributed by atoms with Crippen molar-refractivity contribution >= 4 is 0 Å². The van der Waals surface area contributed by atoms with Crippen molar-refractivity contribution in [3.8, 4) is 11.1 Å². The largest absolute Gasteiger partial charge is 0.207 e. The van der Waals surface area contributed by atoms with Crippen LogP contribution >= 0.6 is 0 Å². The van der Waals surface area contributed by atoms with Gasteiger partial charge < -0.3 is 0 Å². The van der Waals surface area contributed by atoms with Crippen molar-refractivity contribution in [2.24, 2.45) is 5.41 Å². The van der Waals surface area contributed by atoms with Gasteiger partial charge in [-0.25, -0.2) is 4.39 Å². The third-order valence-corrected chi connectivity index (χ3v) is 3.17. The molecule has 0 saturated carbocycles. The number of benzene rings is 2. The average molecular weight is 256 g/mol. The van der Waals surface area contributed by atoms with Crippen LogP contribution in [0.3, 0.4) is 0 Å². The summed E-state index contributed by atoms with van der Waals surface area (Å²) in [7, 11) is 0. The minimum absolute atomic E-state index is 0.179. The number of aryl methyl sites for hydroxylation is 1. The minimum Gasteiger partial charge on any atom is -0.207 e. The van der Waals surface area contributed by atoms with Gasteiger partial charge in [0.1, 0.15) is 5.82 Å². The zero-order valence-corrected chi connectivity index (χ0v) is 12.1. The van der Waals surface area contributed by atoms with Gasteiger partial charge in [-0.15, -0.1) is 0 Å². The van der Waals surface area contributed by atoms with Crippen molar-refractivity contribution < 1.29 is 4.39 Å². The van der Waals surface area contributed by atoms with Gasteiger partial charge in [0.25, 0.3) is 0 Å². The number of rotatable bonds is 2. The third kappa shape index (κ3) is 3.66. The van der Waals surface area contributed by atoms with E-state index >= 15 is 0 Å². The van der Waals surface area contributed by atoms with Gasteiger partial charge in [0.15, 0.2) is 0 Å². The van der Waals surface area contributed by atoms with E-state index in [0.29, 0.717) is 0 Å². The first-order valence-electron chi connectivity index (χ1n) is 6.71. The zero-order chi connectivity index (χ0) is 14.0. The molecule has 0 bridgehead atoms. The van der Waals surface area contributed by atoms with Crippen LogP contribution in [0.2, 0.25) is 0 Å². The number of hydrogen-bond donors (Lipinski definition) is 0. The molecule has 2 aromatic carbocycles. The van der Waals surface area contributed by atoms with E-state index in [-0.39, 0.29) is 11.2 Å². The molecule has 0 aromatic heterocycles. The molecular formula is C18H21F. The Morgan fingerprint density at radius 3 is 2.42 bits per heavy atom. The fourth-order valence-corrected chi connectivity index (χ4v) is 2.37. The average Bonchev–Trinajstić information content (AvgIpc) is 2.30. The van der Waals surface area contributed by atoms with Gasteiger partial charge >= 0.3 is 0 Å². The van der Waals surface area contributed by atoms with E-state index in [4.69, 9.17) is 0 Å². The first kappa shape index (κ1) is 13.8. The first-order valence-corrected chi connectivity index (χ1v) is 6.71. The van der Waals surface area contributed by atoms with Crippen LogP contribution in [-0.2, 0) is 6.42 Å². The Morgan fingerprint density at radius 2 is 1.74 bits per heavy atom. The van der Waals surface area contributed by atoms with Crippen LogP contribution in [0.25, 0.3) is 11.1 Å². The smallest absolute Gasteiger partial charge is 0.123 e. The molecule has 19 heavy (non-hydrogen) atoms. The van der Waals surface area contributed by atoms with Gasteiger partial charge in [-0.2, -0.15) is 0 Å². The van der Waals surface area contributed by atoms with Crippen molar-refractivity contribution in [2.75, 3.05) is 0 Å². The summed E-state index contributed by atoms with van der Waals surface area (Å²) in [4.78, 5) is 0. The highest BCUT2D eigenvalue weighted by Crippen LogP contribution is 2.27. The van der Waals surface area contributed by atoms with E-state index in [2.05, 4.69) is 39.0 Å². The van der Waals surface area contributed by atoms with E-state index in [1.807, 2.05) is 19.1 Å². The molecule has 0 unspecified atom stereocenters. The summed E-state index contributed by atoms with van der Waals surface area (Å²) in [6.07, 6.45) is 1.02. The molecule has 0 aliphatic heterocycles. The molecule has 0 amide bonds. The lowest BCUT2D eigenvalue weighted by Gasteiger charge is -2.18. The lowest BCUT2D eigenvalue weighted by atomic mass is 9.87. The Bertz CT molecular complexity index is 576. The Balaban J connectivity index is 2.40. The van der Waals surface area contributed by atoms with Crippen LogP contribution in [0.5, 0.6) is 0 Å². The number of hydrogen-bond acceptors (Lipinski definition) is 0. The highest BCUT2D eigenvalue weighted by atomic mass is 19.1. The van der Waals surface area contributed by atoms with E-state index in [1.165, 1.54) is 11.6 Å². The Morgan fingerprint density at radius 1 is 1.00 bits per heavy atom. The maximum Gasteiger partial charge on any atom is 0.123 e. The van der Waals surface area contributed by atoms with Gasteiger partial charge in [0.2, 0.25) is 0 Å².